The molecular weight excluding hydrogens is 280 g/mol. The fourth-order valence-corrected chi connectivity index (χ4v) is 2.59. The Kier molecular flexibility index (Phi) is 3.67. The van der Waals surface area contributed by atoms with Gasteiger partial charge in [-0.1, -0.05) is 18.2 Å². The lowest BCUT2D eigenvalue weighted by molar-refractivity contribution is 0.0293. The molecule has 4 nitrogen and oxygen atoms in total. The van der Waals surface area contributed by atoms with Gasteiger partial charge >= 0.3 is 0 Å². The standard InChI is InChI=1S/C18H18O4/c1-3-4-12-5-8-16-17(9-12)22-18(11(2)21-16)14-7-6-13(19)10-15(14)20/h3-11,18-20H,1-2H3. The van der Waals surface area contributed by atoms with E-state index in [2.05, 4.69) is 0 Å². The summed E-state index contributed by atoms with van der Waals surface area (Å²) in [6.07, 6.45) is 3.25. The molecule has 2 unspecified atom stereocenters. The van der Waals surface area contributed by atoms with E-state index in [9.17, 15) is 10.2 Å². The first-order chi connectivity index (χ1) is 10.6. The Morgan fingerprint density at radius 3 is 2.55 bits per heavy atom. The minimum absolute atomic E-state index is 0.00601. The molecule has 0 aliphatic carbocycles. The van der Waals surface area contributed by atoms with Crippen LogP contribution in [-0.4, -0.2) is 16.3 Å². The van der Waals surface area contributed by atoms with Gasteiger partial charge in [-0.2, -0.15) is 0 Å². The van der Waals surface area contributed by atoms with Crippen LogP contribution in [0.2, 0.25) is 0 Å². The number of ether oxygens (including phenoxy) is 2. The number of allylic oxidation sites excluding steroid dienone is 1. The molecule has 0 fully saturated rings. The lowest BCUT2D eigenvalue weighted by Gasteiger charge is -2.32. The summed E-state index contributed by atoms with van der Waals surface area (Å²) in [4.78, 5) is 0. The molecule has 2 atom stereocenters. The molecule has 2 aromatic carbocycles. The van der Waals surface area contributed by atoms with Crippen LogP contribution in [0, 0.1) is 0 Å². The van der Waals surface area contributed by atoms with E-state index in [-0.39, 0.29) is 17.6 Å². The molecule has 22 heavy (non-hydrogen) atoms. The van der Waals surface area contributed by atoms with Crippen LogP contribution in [0.5, 0.6) is 23.0 Å². The molecule has 0 amide bonds. The van der Waals surface area contributed by atoms with Crippen molar-refractivity contribution in [2.24, 2.45) is 0 Å². The quantitative estimate of drug-likeness (QED) is 0.878. The third-order valence-corrected chi connectivity index (χ3v) is 3.64. The van der Waals surface area contributed by atoms with Gasteiger partial charge in [0.05, 0.1) is 0 Å². The van der Waals surface area contributed by atoms with Gasteiger partial charge in [0, 0.05) is 11.6 Å². The lowest BCUT2D eigenvalue weighted by atomic mass is 10.0. The molecule has 0 spiro atoms. The van der Waals surface area contributed by atoms with Gasteiger partial charge in [0.25, 0.3) is 0 Å². The first-order valence-corrected chi connectivity index (χ1v) is 7.20. The number of phenols is 2. The first-order valence-electron chi connectivity index (χ1n) is 7.20. The van der Waals surface area contributed by atoms with E-state index in [1.165, 1.54) is 12.1 Å². The lowest BCUT2D eigenvalue weighted by Crippen LogP contribution is -2.30. The van der Waals surface area contributed by atoms with Crippen molar-refractivity contribution < 1.29 is 19.7 Å². The van der Waals surface area contributed by atoms with Gasteiger partial charge in [0.2, 0.25) is 0 Å². The van der Waals surface area contributed by atoms with Gasteiger partial charge < -0.3 is 19.7 Å². The normalized spacial score (nSPS) is 20.3. The van der Waals surface area contributed by atoms with E-state index in [4.69, 9.17) is 9.47 Å². The molecule has 1 aliphatic heterocycles. The number of benzene rings is 2. The van der Waals surface area contributed by atoms with E-state index in [0.717, 1.165) is 5.56 Å². The molecule has 3 rings (SSSR count). The van der Waals surface area contributed by atoms with E-state index in [1.54, 1.807) is 6.07 Å². The van der Waals surface area contributed by atoms with Crippen LogP contribution in [0.4, 0.5) is 0 Å². The second kappa shape index (κ2) is 5.64. The van der Waals surface area contributed by atoms with Crippen molar-refractivity contribution in [1.82, 2.24) is 0 Å². The van der Waals surface area contributed by atoms with E-state index >= 15 is 0 Å². The Morgan fingerprint density at radius 1 is 1.00 bits per heavy atom. The molecule has 0 radical (unpaired) electrons. The summed E-state index contributed by atoms with van der Waals surface area (Å²) in [7, 11) is 0. The number of rotatable bonds is 2. The fraction of sp³-hybridized carbons (Fsp3) is 0.222. The predicted molar refractivity (Wildman–Crippen MR) is 84.4 cm³/mol. The topological polar surface area (TPSA) is 58.9 Å². The molecule has 4 heteroatoms. The number of hydrogen-bond donors (Lipinski definition) is 2. The molecule has 2 aromatic rings. The second-order valence-electron chi connectivity index (χ2n) is 5.31. The zero-order valence-corrected chi connectivity index (χ0v) is 12.5. The maximum absolute atomic E-state index is 10.0. The van der Waals surface area contributed by atoms with E-state index < -0.39 is 6.10 Å². The average Bonchev–Trinajstić information content (AvgIpc) is 2.48. The van der Waals surface area contributed by atoms with Crippen molar-refractivity contribution in [2.75, 3.05) is 0 Å². The fourth-order valence-electron chi connectivity index (χ4n) is 2.59. The monoisotopic (exact) mass is 298 g/mol. The second-order valence-corrected chi connectivity index (χ2v) is 5.31. The minimum atomic E-state index is -0.436. The highest BCUT2D eigenvalue weighted by Gasteiger charge is 2.31. The van der Waals surface area contributed by atoms with Crippen molar-refractivity contribution in [3.05, 3.63) is 53.6 Å². The number of aromatic hydroxyl groups is 2. The van der Waals surface area contributed by atoms with Crippen LogP contribution in [0.3, 0.4) is 0 Å². The van der Waals surface area contributed by atoms with Gasteiger partial charge in [-0.25, -0.2) is 0 Å². The molecular formula is C18H18O4. The van der Waals surface area contributed by atoms with Gasteiger partial charge in [0.15, 0.2) is 17.6 Å². The van der Waals surface area contributed by atoms with Crippen LogP contribution < -0.4 is 9.47 Å². The largest absolute Gasteiger partial charge is 0.508 e. The summed E-state index contributed by atoms with van der Waals surface area (Å²) in [5, 5.41) is 19.5. The molecule has 1 heterocycles. The summed E-state index contributed by atoms with van der Waals surface area (Å²) in [6, 6.07) is 10.2. The number of phenolic OH excluding ortho intramolecular Hbond substituents is 2. The van der Waals surface area contributed by atoms with Crippen molar-refractivity contribution in [2.45, 2.75) is 26.1 Å². The van der Waals surface area contributed by atoms with Crippen LogP contribution in [-0.2, 0) is 0 Å². The molecule has 114 valence electrons. The molecule has 0 aromatic heterocycles. The van der Waals surface area contributed by atoms with Crippen LogP contribution in [0.15, 0.2) is 42.5 Å². The summed E-state index contributed by atoms with van der Waals surface area (Å²) in [5.74, 6) is 1.34. The molecule has 1 aliphatic rings. The van der Waals surface area contributed by atoms with E-state index in [1.807, 2.05) is 44.2 Å². The highest BCUT2D eigenvalue weighted by molar-refractivity contribution is 5.56. The SMILES string of the molecule is CC=Cc1ccc2c(c1)OC(c1ccc(O)cc1O)C(C)O2. The highest BCUT2D eigenvalue weighted by atomic mass is 16.6. The van der Waals surface area contributed by atoms with Gasteiger partial charge in [-0.05, 0) is 43.7 Å². The average molecular weight is 298 g/mol. The van der Waals surface area contributed by atoms with Crippen molar-refractivity contribution in [1.29, 1.82) is 0 Å². The Hall–Kier alpha value is -2.62. The van der Waals surface area contributed by atoms with Crippen molar-refractivity contribution in [3.63, 3.8) is 0 Å². The number of fused-ring (bicyclic) bond motifs is 1. The zero-order valence-electron chi connectivity index (χ0n) is 12.5. The van der Waals surface area contributed by atoms with Crippen molar-refractivity contribution >= 4 is 6.08 Å². The van der Waals surface area contributed by atoms with Crippen LogP contribution in [0.25, 0.3) is 6.08 Å². The smallest absolute Gasteiger partial charge is 0.164 e. The summed E-state index contributed by atoms with van der Waals surface area (Å²) < 4.78 is 11.9. The highest BCUT2D eigenvalue weighted by Crippen LogP contribution is 2.42. The molecule has 0 bridgehead atoms. The third kappa shape index (κ3) is 2.60. The van der Waals surface area contributed by atoms with E-state index in [0.29, 0.717) is 17.1 Å². The van der Waals surface area contributed by atoms with Gasteiger partial charge in [-0.3, -0.25) is 0 Å². The zero-order chi connectivity index (χ0) is 15.7. The Morgan fingerprint density at radius 2 is 1.82 bits per heavy atom. The predicted octanol–water partition coefficient (Wildman–Crippen LogP) is 4.03. The Balaban J connectivity index is 1.97. The van der Waals surface area contributed by atoms with Gasteiger partial charge in [-0.15, -0.1) is 0 Å². The maximum atomic E-state index is 10.0. The first kappa shape index (κ1) is 14.3. The van der Waals surface area contributed by atoms with Crippen molar-refractivity contribution in [3.8, 4) is 23.0 Å². The molecule has 2 N–H and O–H groups in total. The Bertz CT molecular complexity index is 721. The van der Waals surface area contributed by atoms with Crippen LogP contribution in [0.1, 0.15) is 31.1 Å². The van der Waals surface area contributed by atoms with Gasteiger partial charge in [0.1, 0.15) is 17.6 Å². The van der Waals surface area contributed by atoms with Crippen LogP contribution >= 0.6 is 0 Å². The number of hydrogen-bond acceptors (Lipinski definition) is 4. The summed E-state index contributed by atoms with van der Waals surface area (Å²) >= 11 is 0. The maximum Gasteiger partial charge on any atom is 0.164 e. The Labute approximate surface area is 129 Å². The summed E-state index contributed by atoms with van der Waals surface area (Å²) in [6.45, 7) is 3.84. The molecule has 0 saturated heterocycles. The third-order valence-electron chi connectivity index (χ3n) is 3.64. The molecule has 0 saturated carbocycles. The summed E-state index contributed by atoms with van der Waals surface area (Å²) in [5.41, 5.74) is 1.61. The minimum Gasteiger partial charge on any atom is -0.508 e.